The monoisotopic (exact) mass is 258 g/mol. The molecule has 17 heavy (non-hydrogen) atoms. The molecule has 0 saturated carbocycles. The third kappa shape index (κ3) is 2.34. The van der Waals surface area contributed by atoms with E-state index in [0.717, 1.165) is 0 Å². The Labute approximate surface area is 103 Å². The standard InChI is InChI=1S/C11H11ClO5/c1-5-4-6(16-2)10(17-3)8(12)7(5)9(13)11(14)15/h4H,1-3H3,(H,14,15). The Balaban J connectivity index is 3.52. The van der Waals surface area contributed by atoms with Crippen molar-refractivity contribution in [2.75, 3.05) is 14.2 Å². The van der Waals surface area contributed by atoms with E-state index in [1.807, 2.05) is 0 Å². The number of ketones is 1. The lowest BCUT2D eigenvalue weighted by Crippen LogP contribution is -2.15. The minimum absolute atomic E-state index is 0.0586. The summed E-state index contributed by atoms with van der Waals surface area (Å²) in [6.07, 6.45) is 0. The summed E-state index contributed by atoms with van der Waals surface area (Å²) >= 11 is 5.95. The smallest absolute Gasteiger partial charge is 0.377 e. The highest BCUT2D eigenvalue weighted by molar-refractivity contribution is 6.46. The van der Waals surface area contributed by atoms with Crippen molar-refractivity contribution in [1.29, 1.82) is 0 Å². The van der Waals surface area contributed by atoms with Gasteiger partial charge >= 0.3 is 5.97 Å². The molecule has 6 heteroatoms. The Morgan fingerprint density at radius 2 is 1.88 bits per heavy atom. The molecule has 0 fully saturated rings. The molecule has 0 aromatic heterocycles. The van der Waals surface area contributed by atoms with Crippen LogP contribution in [0.4, 0.5) is 0 Å². The maximum absolute atomic E-state index is 11.5. The molecule has 1 aromatic rings. The zero-order valence-corrected chi connectivity index (χ0v) is 10.3. The maximum atomic E-state index is 11.5. The summed E-state index contributed by atoms with van der Waals surface area (Å²) < 4.78 is 10.0. The molecule has 0 atom stereocenters. The SMILES string of the molecule is COc1cc(C)c(C(=O)C(=O)O)c(Cl)c1OC. The van der Waals surface area contributed by atoms with Crippen molar-refractivity contribution in [2.24, 2.45) is 0 Å². The molecule has 0 spiro atoms. The molecule has 0 aliphatic heterocycles. The Kier molecular flexibility index (Phi) is 3.96. The van der Waals surface area contributed by atoms with Crippen LogP contribution in [0, 0.1) is 6.92 Å². The highest BCUT2D eigenvalue weighted by Gasteiger charge is 2.25. The van der Waals surface area contributed by atoms with E-state index in [9.17, 15) is 9.59 Å². The highest BCUT2D eigenvalue weighted by Crippen LogP contribution is 2.39. The van der Waals surface area contributed by atoms with Crippen molar-refractivity contribution in [2.45, 2.75) is 6.92 Å². The molecule has 0 heterocycles. The van der Waals surface area contributed by atoms with Crippen LogP contribution in [0.2, 0.25) is 5.02 Å². The van der Waals surface area contributed by atoms with Crippen LogP contribution in [0.15, 0.2) is 6.07 Å². The third-order valence-corrected chi connectivity index (χ3v) is 2.59. The Morgan fingerprint density at radius 1 is 1.29 bits per heavy atom. The van der Waals surface area contributed by atoms with Crippen molar-refractivity contribution < 1.29 is 24.2 Å². The molecule has 0 bridgehead atoms. The van der Waals surface area contributed by atoms with Crippen LogP contribution in [0.25, 0.3) is 0 Å². The zero-order valence-electron chi connectivity index (χ0n) is 9.54. The number of hydrogen-bond acceptors (Lipinski definition) is 4. The summed E-state index contributed by atoms with van der Waals surface area (Å²) in [5, 5.41) is 8.64. The number of methoxy groups -OCH3 is 2. The van der Waals surface area contributed by atoms with Gasteiger partial charge in [-0.1, -0.05) is 11.6 Å². The fraction of sp³-hybridized carbons (Fsp3) is 0.273. The van der Waals surface area contributed by atoms with Crippen molar-refractivity contribution in [3.05, 3.63) is 22.2 Å². The fourth-order valence-corrected chi connectivity index (χ4v) is 1.86. The first-order chi connectivity index (χ1) is 7.93. The van der Waals surface area contributed by atoms with Crippen molar-refractivity contribution >= 4 is 23.4 Å². The lowest BCUT2D eigenvalue weighted by atomic mass is 10.0. The zero-order chi connectivity index (χ0) is 13.2. The number of ether oxygens (including phenoxy) is 2. The molecular weight excluding hydrogens is 248 g/mol. The number of Topliss-reactive ketones (excluding diaryl/α,β-unsaturated/α-hetero) is 1. The Bertz CT molecular complexity index is 481. The van der Waals surface area contributed by atoms with Crippen LogP contribution >= 0.6 is 11.6 Å². The first-order valence-electron chi connectivity index (χ1n) is 4.62. The molecule has 0 amide bonds. The van der Waals surface area contributed by atoms with E-state index in [2.05, 4.69) is 0 Å². The van der Waals surface area contributed by atoms with E-state index in [-0.39, 0.29) is 16.3 Å². The number of carbonyl (C=O) groups excluding carboxylic acids is 1. The van der Waals surface area contributed by atoms with Crippen LogP contribution in [0.3, 0.4) is 0 Å². The molecule has 1 rings (SSSR count). The van der Waals surface area contributed by atoms with Gasteiger partial charge in [0.25, 0.3) is 5.78 Å². The van der Waals surface area contributed by atoms with Gasteiger partial charge in [0.2, 0.25) is 0 Å². The van der Waals surface area contributed by atoms with E-state index in [1.165, 1.54) is 20.3 Å². The van der Waals surface area contributed by atoms with Crippen LogP contribution < -0.4 is 9.47 Å². The number of carbonyl (C=O) groups is 2. The summed E-state index contributed by atoms with van der Waals surface area (Å²) in [6.45, 7) is 1.57. The minimum Gasteiger partial charge on any atom is -0.493 e. The van der Waals surface area contributed by atoms with Crippen LogP contribution in [-0.2, 0) is 4.79 Å². The van der Waals surface area contributed by atoms with Gasteiger partial charge in [0.05, 0.1) is 24.8 Å². The summed E-state index contributed by atoms with van der Waals surface area (Å²) in [4.78, 5) is 22.2. The lowest BCUT2D eigenvalue weighted by Gasteiger charge is -2.13. The Hall–Kier alpha value is -1.75. The predicted molar refractivity (Wildman–Crippen MR) is 61.3 cm³/mol. The second kappa shape index (κ2) is 5.05. The molecule has 1 aromatic carbocycles. The van der Waals surface area contributed by atoms with Gasteiger partial charge in [-0.05, 0) is 18.6 Å². The van der Waals surface area contributed by atoms with Gasteiger partial charge in [-0.2, -0.15) is 0 Å². The summed E-state index contributed by atoms with van der Waals surface area (Å²) in [5.74, 6) is -2.16. The van der Waals surface area contributed by atoms with E-state index in [0.29, 0.717) is 11.3 Å². The van der Waals surface area contributed by atoms with E-state index in [1.54, 1.807) is 6.92 Å². The van der Waals surface area contributed by atoms with Gasteiger partial charge < -0.3 is 14.6 Å². The van der Waals surface area contributed by atoms with Gasteiger partial charge in [-0.25, -0.2) is 4.79 Å². The van der Waals surface area contributed by atoms with Crippen molar-refractivity contribution in [3.8, 4) is 11.5 Å². The number of rotatable bonds is 4. The van der Waals surface area contributed by atoms with Crippen molar-refractivity contribution in [1.82, 2.24) is 0 Å². The quantitative estimate of drug-likeness (QED) is 0.660. The van der Waals surface area contributed by atoms with Crippen LogP contribution in [0.1, 0.15) is 15.9 Å². The predicted octanol–water partition coefficient (Wildman–Crippen LogP) is 1.93. The molecule has 92 valence electrons. The van der Waals surface area contributed by atoms with Gasteiger partial charge in [0.15, 0.2) is 11.5 Å². The summed E-state index contributed by atoms with van der Waals surface area (Å²) in [7, 11) is 2.78. The molecule has 1 N–H and O–H groups in total. The topological polar surface area (TPSA) is 72.8 Å². The minimum atomic E-state index is -1.57. The normalized spacial score (nSPS) is 9.88. The average Bonchev–Trinajstić information content (AvgIpc) is 2.27. The van der Waals surface area contributed by atoms with Gasteiger partial charge in [-0.15, -0.1) is 0 Å². The summed E-state index contributed by atoms with van der Waals surface area (Å²) in [5.41, 5.74) is 0.330. The number of carboxylic acids is 1. The van der Waals surface area contributed by atoms with Gasteiger partial charge in [-0.3, -0.25) is 4.79 Å². The third-order valence-electron chi connectivity index (χ3n) is 2.23. The lowest BCUT2D eigenvalue weighted by molar-refractivity contribution is -0.131. The van der Waals surface area contributed by atoms with Crippen LogP contribution in [0.5, 0.6) is 11.5 Å². The maximum Gasteiger partial charge on any atom is 0.377 e. The average molecular weight is 259 g/mol. The largest absolute Gasteiger partial charge is 0.493 e. The van der Waals surface area contributed by atoms with Crippen LogP contribution in [-0.4, -0.2) is 31.1 Å². The molecule has 5 nitrogen and oxygen atoms in total. The highest BCUT2D eigenvalue weighted by atomic mass is 35.5. The second-order valence-electron chi connectivity index (χ2n) is 3.25. The molecule has 0 radical (unpaired) electrons. The first kappa shape index (κ1) is 13.3. The second-order valence-corrected chi connectivity index (χ2v) is 3.63. The van der Waals surface area contributed by atoms with E-state index < -0.39 is 11.8 Å². The molecule has 0 saturated heterocycles. The van der Waals surface area contributed by atoms with Crippen molar-refractivity contribution in [3.63, 3.8) is 0 Å². The number of halogens is 1. The molecular formula is C11H11ClO5. The number of aliphatic carboxylic acids is 1. The number of benzene rings is 1. The van der Waals surface area contributed by atoms with Gasteiger partial charge in [0.1, 0.15) is 0 Å². The Morgan fingerprint density at radius 3 is 2.29 bits per heavy atom. The molecule has 0 aliphatic rings. The number of carboxylic acid groups (broad SMARTS) is 1. The van der Waals surface area contributed by atoms with Gasteiger partial charge in [0, 0.05) is 0 Å². The number of hydrogen-bond donors (Lipinski definition) is 1. The van der Waals surface area contributed by atoms with E-state index >= 15 is 0 Å². The summed E-state index contributed by atoms with van der Waals surface area (Å²) in [6, 6.07) is 1.50. The molecule has 0 aliphatic carbocycles. The molecule has 0 unspecified atom stereocenters. The fourth-order valence-electron chi connectivity index (χ4n) is 1.46. The number of aryl methyl sites for hydroxylation is 1. The van der Waals surface area contributed by atoms with E-state index in [4.69, 9.17) is 26.2 Å². The first-order valence-corrected chi connectivity index (χ1v) is 5.00.